The van der Waals surface area contributed by atoms with E-state index in [0.717, 1.165) is 30.6 Å². The normalized spacial score (nSPS) is 23.0. The molecule has 23 heavy (non-hydrogen) atoms. The fourth-order valence-corrected chi connectivity index (χ4v) is 3.01. The van der Waals surface area contributed by atoms with Gasteiger partial charge in [-0.1, -0.05) is 30.0 Å². The smallest absolute Gasteiger partial charge is 0.236 e. The summed E-state index contributed by atoms with van der Waals surface area (Å²) >= 11 is 1.36. The van der Waals surface area contributed by atoms with Crippen molar-refractivity contribution in [2.24, 2.45) is 10.2 Å². The molecule has 7 heteroatoms. The van der Waals surface area contributed by atoms with E-state index in [9.17, 15) is 4.79 Å². The predicted molar refractivity (Wildman–Crippen MR) is 90.7 cm³/mol. The topological polar surface area (TPSA) is 72.3 Å². The van der Waals surface area contributed by atoms with Crippen molar-refractivity contribution in [3.05, 3.63) is 35.4 Å². The van der Waals surface area contributed by atoms with Gasteiger partial charge in [-0.05, 0) is 30.0 Å². The van der Waals surface area contributed by atoms with Crippen LogP contribution >= 0.6 is 11.8 Å². The van der Waals surface area contributed by atoms with E-state index in [4.69, 9.17) is 9.47 Å². The fourth-order valence-electron chi connectivity index (χ4n) is 2.37. The third-order valence-corrected chi connectivity index (χ3v) is 4.35. The van der Waals surface area contributed by atoms with Crippen molar-refractivity contribution in [2.75, 3.05) is 19.0 Å². The molecule has 1 aromatic rings. The van der Waals surface area contributed by atoms with Gasteiger partial charge in [-0.2, -0.15) is 5.10 Å². The molecule has 2 aliphatic rings. The largest absolute Gasteiger partial charge is 0.376 e. The van der Waals surface area contributed by atoms with E-state index >= 15 is 0 Å². The second kappa shape index (κ2) is 8.24. The summed E-state index contributed by atoms with van der Waals surface area (Å²) in [5.74, 6) is 0.376. The molecule has 0 aliphatic carbocycles. The number of carbonyl (C=O) groups excluding carboxylic acids is 1. The van der Waals surface area contributed by atoms with Crippen LogP contribution in [0.2, 0.25) is 0 Å². The Morgan fingerprint density at radius 3 is 3.22 bits per heavy atom. The number of thioether (sulfide) groups is 1. The van der Waals surface area contributed by atoms with Gasteiger partial charge in [-0.15, -0.1) is 5.10 Å². The number of ether oxygens (including phenoxy) is 2. The van der Waals surface area contributed by atoms with Gasteiger partial charge in [0.25, 0.3) is 0 Å². The van der Waals surface area contributed by atoms with Gasteiger partial charge < -0.3 is 14.8 Å². The van der Waals surface area contributed by atoms with Crippen LogP contribution in [0.1, 0.15) is 24.0 Å². The van der Waals surface area contributed by atoms with Crippen molar-refractivity contribution in [3.8, 4) is 0 Å². The first-order valence-corrected chi connectivity index (χ1v) is 8.60. The van der Waals surface area contributed by atoms with Gasteiger partial charge >= 0.3 is 0 Å². The molecule has 1 unspecified atom stereocenters. The Bertz CT molecular complexity index is 612. The number of amidine groups is 1. The van der Waals surface area contributed by atoms with Crippen molar-refractivity contribution in [1.82, 2.24) is 5.32 Å². The highest BCUT2D eigenvalue weighted by Gasteiger charge is 2.16. The second-order valence-electron chi connectivity index (χ2n) is 5.38. The predicted octanol–water partition coefficient (Wildman–Crippen LogP) is 1.94. The Hall–Kier alpha value is -1.70. The third-order valence-electron chi connectivity index (χ3n) is 3.49. The third kappa shape index (κ3) is 5.16. The Balaban J connectivity index is 1.49. The van der Waals surface area contributed by atoms with Crippen LogP contribution in [0.4, 0.5) is 0 Å². The molecule has 2 heterocycles. The molecule has 1 atom stereocenters. The molecule has 0 bridgehead atoms. The van der Waals surface area contributed by atoms with Crippen molar-refractivity contribution < 1.29 is 14.3 Å². The van der Waals surface area contributed by atoms with Gasteiger partial charge in [0.2, 0.25) is 5.91 Å². The number of nitrogens with zero attached hydrogens (tertiary/aromatic N) is 2. The molecule has 0 spiro atoms. The Morgan fingerprint density at radius 2 is 2.43 bits per heavy atom. The van der Waals surface area contributed by atoms with Crippen LogP contribution in [0, 0.1) is 0 Å². The van der Waals surface area contributed by atoms with Crippen LogP contribution < -0.4 is 5.32 Å². The van der Waals surface area contributed by atoms with E-state index in [1.165, 1.54) is 11.8 Å². The first-order chi connectivity index (χ1) is 11.3. The minimum absolute atomic E-state index is 0.0330. The standard InChI is InChI=1S/C16H19N3O3S/c20-15-11-23-16(18-15)19-17-8-12-3-1-4-13(7-12)9-21-10-14-5-2-6-22-14/h1,3-4,7-8,14H,2,5-6,9-11H2,(H,18,19,20). The van der Waals surface area contributed by atoms with Gasteiger partial charge in [0, 0.05) is 6.61 Å². The summed E-state index contributed by atoms with van der Waals surface area (Å²) in [6, 6.07) is 7.95. The zero-order valence-corrected chi connectivity index (χ0v) is 13.6. The molecular formula is C16H19N3O3S. The van der Waals surface area contributed by atoms with Crippen LogP contribution in [0.15, 0.2) is 34.5 Å². The van der Waals surface area contributed by atoms with E-state index in [-0.39, 0.29) is 12.0 Å². The van der Waals surface area contributed by atoms with Crippen LogP contribution in [0.25, 0.3) is 0 Å². The summed E-state index contributed by atoms with van der Waals surface area (Å²) in [6.07, 6.45) is 4.12. The van der Waals surface area contributed by atoms with Gasteiger partial charge in [0.1, 0.15) is 0 Å². The van der Waals surface area contributed by atoms with Crippen molar-refractivity contribution >= 4 is 29.1 Å². The van der Waals surface area contributed by atoms with Crippen LogP contribution in [0.5, 0.6) is 0 Å². The number of nitrogens with one attached hydrogen (secondary N) is 1. The SMILES string of the molecule is O=C1CSC(=NN=Cc2cccc(COCC3CCCO3)c2)N1. The number of carbonyl (C=O) groups is 1. The highest BCUT2D eigenvalue weighted by molar-refractivity contribution is 8.15. The Kier molecular flexibility index (Phi) is 5.79. The highest BCUT2D eigenvalue weighted by Crippen LogP contribution is 2.13. The van der Waals surface area contributed by atoms with E-state index in [2.05, 4.69) is 15.5 Å². The van der Waals surface area contributed by atoms with Crippen molar-refractivity contribution in [2.45, 2.75) is 25.6 Å². The lowest BCUT2D eigenvalue weighted by Crippen LogP contribution is -2.19. The van der Waals surface area contributed by atoms with Gasteiger partial charge in [0.15, 0.2) is 5.17 Å². The molecule has 122 valence electrons. The van der Waals surface area contributed by atoms with E-state index in [1.54, 1.807) is 6.21 Å². The van der Waals surface area contributed by atoms with Gasteiger partial charge in [-0.3, -0.25) is 4.79 Å². The van der Waals surface area contributed by atoms with Crippen LogP contribution in [-0.2, 0) is 20.9 Å². The summed E-state index contributed by atoms with van der Waals surface area (Å²) < 4.78 is 11.2. The van der Waals surface area contributed by atoms with Crippen molar-refractivity contribution in [1.29, 1.82) is 0 Å². The maximum Gasteiger partial charge on any atom is 0.236 e. The van der Waals surface area contributed by atoms with Gasteiger partial charge in [0.05, 0.1) is 31.3 Å². The molecule has 1 amide bonds. The molecule has 3 rings (SSSR count). The minimum Gasteiger partial charge on any atom is -0.376 e. The summed E-state index contributed by atoms with van der Waals surface area (Å²) in [7, 11) is 0. The Morgan fingerprint density at radius 1 is 1.48 bits per heavy atom. The number of amides is 1. The fraction of sp³-hybridized carbons (Fsp3) is 0.438. The first kappa shape index (κ1) is 16.2. The average molecular weight is 333 g/mol. The van der Waals surface area contributed by atoms with E-state index in [0.29, 0.717) is 24.1 Å². The van der Waals surface area contributed by atoms with Crippen LogP contribution in [-0.4, -0.2) is 42.4 Å². The molecule has 0 aromatic heterocycles. The molecule has 2 aliphatic heterocycles. The summed E-state index contributed by atoms with van der Waals surface area (Å²) in [6.45, 7) is 2.05. The zero-order valence-electron chi connectivity index (χ0n) is 12.7. The molecule has 2 saturated heterocycles. The number of hydrogen-bond acceptors (Lipinski definition) is 6. The second-order valence-corrected chi connectivity index (χ2v) is 6.35. The minimum atomic E-state index is -0.0330. The maximum absolute atomic E-state index is 11.0. The molecule has 2 fully saturated rings. The average Bonchev–Trinajstić information content (AvgIpc) is 3.20. The molecular weight excluding hydrogens is 314 g/mol. The monoisotopic (exact) mass is 333 g/mol. The molecule has 0 radical (unpaired) electrons. The lowest BCUT2D eigenvalue weighted by Gasteiger charge is -2.10. The highest BCUT2D eigenvalue weighted by atomic mass is 32.2. The summed E-state index contributed by atoms with van der Waals surface area (Å²) in [5, 5.41) is 11.2. The summed E-state index contributed by atoms with van der Waals surface area (Å²) in [5.41, 5.74) is 2.03. The maximum atomic E-state index is 11.0. The van der Waals surface area contributed by atoms with Crippen LogP contribution in [0.3, 0.4) is 0 Å². The lowest BCUT2D eigenvalue weighted by molar-refractivity contribution is -0.116. The molecule has 6 nitrogen and oxygen atoms in total. The zero-order chi connectivity index (χ0) is 15.9. The molecule has 1 aromatic carbocycles. The number of benzene rings is 1. The lowest BCUT2D eigenvalue weighted by atomic mass is 10.1. The van der Waals surface area contributed by atoms with Gasteiger partial charge in [-0.25, -0.2) is 0 Å². The number of rotatable bonds is 6. The summed E-state index contributed by atoms with van der Waals surface area (Å²) in [4.78, 5) is 11.0. The number of hydrogen-bond donors (Lipinski definition) is 1. The first-order valence-electron chi connectivity index (χ1n) is 7.61. The van der Waals surface area contributed by atoms with Crippen molar-refractivity contribution in [3.63, 3.8) is 0 Å². The Labute approximate surface area is 139 Å². The molecule has 0 saturated carbocycles. The van der Waals surface area contributed by atoms with E-state index < -0.39 is 0 Å². The molecule has 1 N–H and O–H groups in total. The van der Waals surface area contributed by atoms with E-state index in [1.807, 2.05) is 24.3 Å². The quantitative estimate of drug-likeness (QED) is 0.638.